The molecule has 1 heterocycles. The molecular formula is C25H22N2O3. The number of pyridine rings is 1. The van der Waals surface area contributed by atoms with Crippen molar-refractivity contribution in [3.63, 3.8) is 0 Å². The van der Waals surface area contributed by atoms with Gasteiger partial charge in [0.15, 0.2) is 0 Å². The molecule has 1 amide bonds. The normalized spacial score (nSPS) is 10.6. The van der Waals surface area contributed by atoms with Gasteiger partial charge in [0.05, 0.1) is 31.1 Å². The van der Waals surface area contributed by atoms with Gasteiger partial charge in [0.1, 0.15) is 11.5 Å². The maximum absolute atomic E-state index is 12.9. The van der Waals surface area contributed by atoms with Gasteiger partial charge in [-0.1, -0.05) is 35.9 Å². The summed E-state index contributed by atoms with van der Waals surface area (Å²) in [6.07, 6.45) is 0. The Bertz CT molecular complexity index is 1210. The highest BCUT2D eigenvalue weighted by Gasteiger charge is 2.14. The molecule has 5 nitrogen and oxygen atoms in total. The van der Waals surface area contributed by atoms with E-state index in [4.69, 9.17) is 14.5 Å². The Kier molecular flexibility index (Phi) is 5.35. The summed E-state index contributed by atoms with van der Waals surface area (Å²) in [7, 11) is 3.11. The molecule has 1 aromatic heterocycles. The van der Waals surface area contributed by atoms with Crippen LogP contribution >= 0.6 is 0 Å². The van der Waals surface area contributed by atoms with E-state index < -0.39 is 0 Å². The Morgan fingerprint density at radius 1 is 0.867 bits per heavy atom. The van der Waals surface area contributed by atoms with E-state index in [-0.39, 0.29) is 5.91 Å². The van der Waals surface area contributed by atoms with Crippen LogP contribution in [0.25, 0.3) is 22.2 Å². The van der Waals surface area contributed by atoms with E-state index in [2.05, 4.69) is 24.4 Å². The van der Waals surface area contributed by atoms with E-state index in [1.807, 2.05) is 42.5 Å². The predicted molar refractivity (Wildman–Crippen MR) is 119 cm³/mol. The van der Waals surface area contributed by atoms with E-state index in [1.165, 1.54) is 5.56 Å². The standard InChI is InChI=1S/C25H22N2O3/c1-16-8-10-22-17(12-16)9-11-24(26-22)21-6-4-5-7-23(21)27-25(28)18-13-19(29-2)15-20(14-18)30-3/h4-15H,1-3H3,(H,27,28). The predicted octanol–water partition coefficient (Wildman–Crippen LogP) is 5.48. The van der Waals surface area contributed by atoms with Gasteiger partial charge in [-0.25, -0.2) is 4.98 Å². The van der Waals surface area contributed by atoms with Crippen LogP contribution in [0.15, 0.2) is 72.8 Å². The molecule has 5 heteroatoms. The number of nitrogens with one attached hydrogen (secondary N) is 1. The second-order valence-electron chi connectivity index (χ2n) is 6.99. The molecule has 1 N–H and O–H groups in total. The van der Waals surface area contributed by atoms with Crippen LogP contribution in [0.1, 0.15) is 15.9 Å². The topological polar surface area (TPSA) is 60.5 Å². The summed E-state index contributed by atoms with van der Waals surface area (Å²) < 4.78 is 10.5. The van der Waals surface area contributed by atoms with Crippen LogP contribution in [0.4, 0.5) is 5.69 Å². The highest BCUT2D eigenvalue weighted by molar-refractivity contribution is 6.06. The lowest BCUT2D eigenvalue weighted by molar-refractivity contribution is 0.102. The van der Waals surface area contributed by atoms with E-state index in [9.17, 15) is 4.79 Å². The van der Waals surface area contributed by atoms with Gasteiger partial charge < -0.3 is 14.8 Å². The summed E-state index contributed by atoms with van der Waals surface area (Å²) in [5.41, 5.74) is 4.88. The van der Waals surface area contributed by atoms with Gasteiger partial charge >= 0.3 is 0 Å². The van der Waals surface area contributed by atoms with Crippen LogP contribution in [0.5, 0.6) is 11.5 Å². The fourth-order valence-electron chi connectivity index (χ4n) is 3.34. The Morgan fingerprint density at radius 2 is 1.60 bits per heavy atom. The summed E-state index contributed by atoms with van der Waals surface area (Å²) in [5, 5.41) is 4.08. The van der Waals surface area contributed by atoms with Crippen molar-refractivity contribution in [1.82, 2.24) is 4.98 Å². The summed E-state index contributed by atoms with van der Waals surface area (Å²) in [4.78, 5) is 17.7. The molecule has 0 bridgehead atoms. The molecule has 150 valence electrons. The molecule has 0 atom stereocenters. The molecule has 3 aromatic carbocycles. The van der Waals surface area contributed by atoms with E-state index >= 15 is 0 Å². The Morgan fingerprint density at radius 3 is 2.33 bits per heavy atom. The Balaban J connectivity index is 1.69. The smallest absolute Gasteiger partial charge is 0.255 e. The number of para-hydroxylation sites is 1. The highest BCUT2D eigenvalue weighted by Crippen LogP contribution is 2.29. The van der Waals surface area contributed by atoms with Crippen molar-refractivity contribution >= 4 is 22.5 Å². The number of benzene rings is 3. The number of ether oxygens (including phenoxy) is 2. The van der Waals surface area contributed by atoms with Gasteiger partial charge in [0, 0.05) is 22.6 Å². The van der Waals surface area contributed by atoms with Crippen molar-refractivity contribution in [3.8, 4) is 22.8 Å². The van der Waals surface area contributed by atoms with Gasteiger partial charge in [-0.05, 0) is 43.3 Å². The zero-order chi connectivity index (χ0) is 21.1. The molecule has 0 aliphatic heterocycles. The third-order valence-electron chi connectivity index (χ3n) is 4.91. The number of methoxy groups -OCH3 is 2. The monoisotopic (exact) mass is 398 g/mol. The number of carbonyl (C=O) groups is 1. The zero-order valence-corrected chi connectivity index (χ0v) is 17.1. The molecule has 4 aromatic rings. The molecule has 30 heavy (non-hydrogen) atoms. The second-order valence-corrected chi connectivity index (χ2v) is 6.99. The van der Waals surface area contributed by atoms with Crippen molar-refractivity contribution in [3.05, 3.63) is 83.9 Å². The minimum Gasteiger partial charge on any atom is -0.497 e. The summed E-state index contributed by atoms with van der Waals surface area (Å²) in [5.74, 6) is 0.856. The number of rotatable bonds is 5. The fourth-order valence-corrected chi connectivity index (χ4v) is 3.34. The molecule has 0 aliphatic rings. The van der Waals surface area contributed by atoms with Crippen molar-refractivity contribution in [1.29, 1.82) is 0 Å². The second kappa shape index (κ2) is 8.25. The van der Waals surface area contributed by atoms with Gasteiger partial charge in [0.25, 0.3) is 5.91 Å². The number of aromatic nitrogens is 1. The average molecular weight is 398 g/mol. The molecule has 0 radical (unpaired) electrons. The number of hydrogen-bond donors (Lipinski definition) is 1. The van der Waals surface area contributed by atoms with E-state index in [0.29, 0.717) is 22.7 Å². The molecule has 0 aliphatic carbocycles. The average Bonchev–Trinajstić information content (AvgIpc) is 2.78. The summed E-state index contributed by atoms with van der Waals surface area (Å²) in [6, 6.07) is 22.9. The number of aryl methyl sites for hydroxylation is 1. The van der Waals surface area contributed by atoms with Crippen LogP contribution < -0.4 is 14.8 Å². The van der Waals surface area contributed by atoms with E-state index in [1.54, 1.807) is 32.4 Å². The van der Waals surface area contributed by atoms with Crippen LogP contribution in [0, 0.1) is 6.92 Å². The van der Waals surface area contributed by atoms with Crippen molar-refractivity contribution in [2.75, 3.05) is 19.5 Å². The third kappa shape index (κ3) is 3.96. The van der Waals surface area contributed by atoms with Gasteiger partial charge in [0.2, 0.25) is 0 Å². The minimum absolute atomic E-state index is 0.254. The van der Waals surface area contributed by atoms with Gasteiger partial charge in [-0.3, -0.25) is 4.79 Å². The van der Waals surface area contributed by atoms with Crippen LogP contribution in [-0.2, 0) is 0 Å². The van der Waals surface area contributed by atoms with Crippen LogP contribution in [0.3, 0.4) is 0 Å². The number of anilines is 1. The van der Waals surface area contributed by atoms with Crippen molar-refractivity contribution in [2.45, 2.75) is 6.92 Å². The first-order valence-electron chi connectivity index (χ1n) is 9.58. The first-order chi connectivity index (χ1) is 14.6. The fraction of sp³-hybridized carbons (Fsp3) is 0.120. The zero-order valence-electron chi connectivity index (χ0n) is 17.1. The molecular weight excluding hydrogens is 376 g/mol. The molecule has 4 rings (SSSR count). The minimum atomic E-state index is -0.254. The lowest BCUT2D eigenvalue weighted by Gasteiger charge is -2.13. The lowest BCUT2D eigenvalue weighted by atomic mass is 10.1. The van der Waals surface area contributed by atoms with Crippen molar-refractivity contribution in [2.24, 2.45) is 0 Å². The first kappa shape index (κ1) is 19.5. The third-order valence-corrected chi connectivity index (χ3v) is 4.91. The van der Waals surface area contributed by atoms with E-state index in [0.717, 1.165) is 22.2 Å². The van der Waals surface area contributed by atoms with Gasteiger partial charge in [-0.2, -0.15) is 0 Å². The number of nitrogens with zero attached hydrogens (tertiary/aromatic N) is 1. The summed E-state index contributed by atoms with van der Waals surface area (Å²) in [6.45, 7) is 2.06. The Labute approximate surface area is 175 Å². The quantitative estimate of drug-likeness (QED) is 0.484. The van der Waals surface area contributed by atoms with Crippen LogP contribution in [0.2, 0.25) is 0 Å². The Hall–Kier alpha value is -3.86. The van der Waals surface area contributed by atoms with Crippen molar-refractivity contribution < 1.29 is 14.3 Å². The molecule has 0 unspecified atom stereocenters. The number of amides is 1. The number of fused-ring (bicyclic) bond motifs is 1. The van der Waals surface area contributed by atoms with Crippen LogP contribution in [-0.4, -0.2) is 25.1 Å². The maximum Gasteiger partial charge on any atom is 0.255 e. The maximum atomic E-state index is 12.9. The lowest BCUT2D eigenvalue weighted by Crippen LogP contribution is -2.13. The molecule has 0 spiro atoms. The molecule has 0 fully saturated rings. The van der Waals surface area contributed by atoms with Gasteiger partial charge in [-0.15, -0.1) is 0 Å². The largest absolute Gasteiger partial charge is 0.497 e. The summed E-state index contributed by atoms with van der Waals surface area (Å²) >= 11 is 0. The molecule has 0 saturated carbocycles. The SMILES string of the molecule is COc1cc(OC)cc(C(=O)Nc2ccccc2-c2ccc3cc(C)ccc3n2)c1. The number of hydrogen-bond acceptors (Lipinski definition) is 4. The first-order valence-corrected chi connectivity index (χ1v) is 9.58. The molecule has 0 saturated heterocycles. The highest BCUT2D eigenvalue weighted by atomic mass is 16.5. The number of carbonyl (C=O) groups excluding carboxylic acids is 1.